The fraction of sp³-hybridized carbons (Fsp3) is 0.556. The molecule has 0 aromatic heterocycles. The normalized spacial score (nSPS) is 12.2. The van der Waals surface area contributed by atoms with Gasteiger partial charge in [-0.2, -0.15) is 0 Å². The number of benzene rings is 1. The van der Waals surface area contributed by atoms with Crippen LogP contribution in [0.25, 0.3) is 0 Å². The Morgan fingerprint density at radius 1 is 0.880 bits per heavy atom. The second kappa shape index (κ2) is 8.89. The quantitative estimate of drug-likeness (QED) is 0.456. The van der Waals surface area contributed by atoms with Gasteiger partial charge >= 0.3 is 12.2 Å². The Balaban J connectivity index is 2.81. The number of hydrogen-bond acceptors (Lipinski definition) is 4. The molecule has 0 bridgehead atoms. The molecule has 0 aliphatic rings. The van der Waals surface area contributed by atoms with Crippen LogP contribution in [0.4, 0.5) is 9.59 Å². The molecule has 0 heterocycles. The molecule has 0 aliphatic carbocycles. The average molecular weight is 365 g/mol. The van der Waals surface area contributed by atoms with Crippen molar-refractivity contribution in [3.63, 3.8) is 0 Å². The van der Waals surface area contributed by atoms with Gasteiger partial charge in [0.05, 0.1) is 0 Å². The minimum Gasteiger partial charge on any atom is -0.500 e. The lowest BCUT2D eigenvalue weighted by molar-refractivity contribution is 0.196. The highest BCUT2D eigenvalue weighted by molar-refractivity contribution is 6.78. The van der Waals surface area contributed by atoms with Crippen LogP contribution in [-0.4, -0.2) is 20.5 Å². The molecular weight excluding hydrogens is 336 g/mol. The van der Waals surface area contributed by atoms with E-state index in [0.29, 0.717) is 5.75 Å². The maximum atomic E-state index is 12.1. The first kappa shape index (κ1) is 21.0. The predicted molar refractivity (Wildman–Crippen MR) is 99.6 cm³/mol. The van der Waals surface area contributed by atoms with E-state index in [1.807, 2.05) is 19.1 Å². The number of ether oxygens (including phenoxy) is 1. The van der Waals surface area contributed by atoms with Gasteiger partial charge in [0.1, 0.15) is 5.75 Å². The van der Waals surface area contributed by atoms with Gasteiger partial charge in [0.15, 0.2) is 0 Å². The van der Waals surface area contributed by atoms with Crippen LogP contribution in [0, 0.1) is 6.92 Å². The Morgan fingerprint density at radius 2 is 1.36 bits per heavy atom. The summed E-state index contributed by atoms with van der Waals surface area (Å²) in [5, 5.41) is 6.74. The lowest BCUT2D eigenvalue weighted by Crippen LogP contribution is -2.48. The van der Waals surface area contributed by atoms with Crippen molar-refractivity contribution in [2.24, 2.45) is 10.2 Å². The van der Waals surface area contributed by atoms with E-state index in [-0.39, 0.29) is 16.6 Å². The first-order valence-electron chi connectivity index (χ1n) is 8.53. The van der Waals surface area contributed by atoms with E-state index < -0.39 is 20.5 Å². The van der Waals surface area contributed by atoms with E-state index in [2.05, 4.69) is 51.8 Å². The minimum atomic E-state index is -2.40. The number of para-hydroxylation sites is 1. The van der Waals surface area contributed by atoms with Crippen LogP contribution in [-0.2, 0) is 4.43 Å². The Labute approximate surface area is 150 Å². The van der Waals surface area contributed by atoms with Crippen molar-refractivity contribution in [1.29, 1.82) is 0 Å². The van der Waals surface area contributed by atoms with E-state index in [9.17, 15) is 9.59 Å². The van der Waals surface area contributed by atoms with Crippen LogP contribution in [0.15, 0.2) is 34.5 Å². The number of rotatable bonds is 5. The topological polar surface area (TPSA) is 77.3 Å². The molecule has 7 heteroatoms. The number of nitrogens with zero attached hydrogens (tertiary/aromatic N) is 2. The molecule has 0 saturated heterocycles. The Hall–Kier alpha value is -2.02. The number of amides is 2. The molecule has 2 amide bonds. The van der Waals surface area contributed by atoms with Crippen molar-refractivity contribution in [1.82, 2.24) is 0 Å². The third-order valence-corrected chi connectivity index (χ3v) is 10.4. The van der Waals surface area contributed by atoms with Crippen molar-refractivity contribution >= 4 is 20.5 Å². The zero-order chi connectivity index (χ0) is 19.2. The highest BCUT2D eigenvalue weighted by Crippen LogP contribution is 2.42. The Morgan fingerprint density at radius 3 is 1.84 bits per heavy atom. The van der Waals surface area contributed by atoms with Crippen molar-refractivity contribution in [3.8, 4) is 5.75 Å². The van der Waals surface area contributed by atoms with Gasteiger partial charge in [0.2, 0.25) is 0 Å². The molecule has 0 atom stereocenters. The fourth-order valence-corrected chi connectivity index (χ4v) is 8.44. The molecule has 1 rings (SSSR count). The third-order valence-electron chi connectivity index (χ3n) is 4.48. The second-order valence-corrected chi connectivity index (χ2v) is 12.4. The molecule has 25 heavy (non-hydrogen) atoms. The molecule has 0 saturated carbocycles. The van der Waals surface area contributed by atoms with Gasteiger partial charge in [-0.3, -0.25) is 0 Å². The zero-order valence-electron chi connectivity index (χ0n) is 16.1. The average Bonchev–Trinajstić information content (AvgIpc) is 2.51. The van der Waals surface area contributed by atoms with Crippen molar-refractivity contribution < 1.29 is 18.8 Å². The molecule has 138 valence electrons. The zero-order valence-corrected chi connectivity index (χ0v) is 17.1. The molecule has 1 aromatic carbocycles. The van der Waals surface area contributed by atoms with Crippen LogP contribution in [0.1, 0.15) is 47.1 Å². The summed E-state index contributed by atoms with van der Waals surface area (Å²) in [5.74, 6) is 0.384. The highest BCUT2D eigenvalue weighted by Gasteiger charge is 2.48. The molecule has 0 radical (unpaired) electrons. The summed E-state index contributed by atoms with van der Waals surface area (Å²) < 4.78 is 10.9. The van der Waals surface area contributed by atoms with Crippen LogP contribution in [0.3, 0.4) is 0 Å². The maximum Gasteiger partial charge on any atom is 0.458 e. The standard InChI is InChI=1S/C18H28N2O4Si/c1-12(2)25(13(3)4,14(5)6)24-18(22)20-19-17(21)23-16-11-9-8-10-15(16)7/h8-14H,1-7H3. The molecular formula is C18H28N2O4Si. The van der Waals surface area contributed by atoms with Gasteiger partial charge in [-0.25, -0.2) is 9.59 Å². The summed E-state index contributed by atoms with van der Waals surface area (Å²) in [6.45, 7) is 14.2. The monoisotopic (exact) mass is 364 g/mol. The SMILES string of the molecule is Cc1ccccc1OC(=O)N=NC(=O)O[Si](C(C)C)(C(C)C)C(C)C. The molecule has 0 unspecified atom stereocenters. The third kappa shape index (κ3) is 5.22. The van der Waals surface area contributed by atoms with Gasteiger partial charge in [-0.1, -0.05) is 70.0 Å². The summed E-state index contributed by atoms with van der Waals surface area (Å²) in [7, 11) is -2.40. The largest absolute Gasteiger partial charge is 0.500 e. The number of azo groups is 1. The number of carbonyl (C=O) groups is 2. The molecule has 1 aromatic rings. The number of hydrogen-bond donors (Lipinski definition) is 0. The minimum absolute atomic E-state index is 0.227. The van der Waals surface area contributed by atoms with Gasteiger partial charge in [0, 0.05) is 0 Å². The van der Waals surface area contributed by atoms with Crippen LogP contribution in [0.2, 0.25) is 16.6 Å². The fourth-order valence-electron chi connectivity index (χ4n) is 3.39. The molecule has 0 aliphatic heterocycles. The summed E-state index contributed by atoms with van der Waals surface area (Å²) >= 11 is 0. The van der Waals surface area contributed by atoms with E-state index in [1.54, 1.807) is 12.1 Å². The number of aryl methyl sites for hydroxylation is 1. The van der Waals surface area contributed by atoms with Gasteiger partial charge in [-0.05, 0) is 35.2 Å². The lowest BCUT2D eigenvalue weighted by Gasteiger charge is -2.40. The number of carbonyl (C=O) groups excluding carboxylic acids is 2. The summed E-state index contributed by atoms with van der Waals surface area (Å²) in [6.07, 6.45) is -1.78. The molecule has 6 nitrogen and oxygen atoms in total. The van der Waals surface area contributed by atoms with Gasteiger partial charge < -0.3 is 9.16 Å². The first-order chi connectivity index (χ1) is 11.6. The van der Waals surface area contributed by atoms with Crippen molar-refractivity contribution in [2.45, 2.75) is 65.1 Å². The van der Waals surface area contributed by atoms with Crippen molar-refractivity contribution in [2.75, 3.05) is 0 Å². The summed E-state index contributed by atoms with van der Waals surface area (Å²) in [5.41, 5.74) is 1.47. The highest BCUT2D eigenvalue weighted by atomic mass is 28.4. The second-order valence-electron chi connectivity index (χ2n) is 7.02. The van der Waals surface area contributed by atoms with E-state index in [4.69, 9.17) is 9.16 Å². The Bertz CT molecular complexity index is 620. The molecule has 0 fully saturated rings. The first-order valence-corrected chi connectivity index (χ1v) is 10.7. The van der Waals surface area contributed by atoms with Crippen LogP contribution >= 0.6 is 0 Å². The van der Waals surface area contributed by atoms with E-state index in [0.717, 1.165) is 5.56 Å². The molecule has 0 N–H and O–H groups in total. The predicted octanol–water partition coefficient (Wildman–Crippen LogP) is 6.26. The van der Waals surface area contributed by atoms with Crippen LogP contribution < -0.4 is 4.74 Å². The maximum absolute atomic E-state index is 12.1. The van der Waals surface area contributed by atoms with E-state index in [1.165, 1.54) is 0 Å². The van der Waals surface area contributed by atoms with Gasteiger partial charge in [-0.15, -0.1) is 0 Å². The lowest BCUT2D eigenvalue weighted by atomic mass is 10.2. The van der Waals surface area contributed by atoms with Gasteiger partial charge in [0.25, 0.3) is 8.32 Å². The van der Waals surface area contributed by atoms with Crippen LogP contribution in [0.5, 0.6) is 5.75 Å². The summed E-state index contributed by atoms with van der Waals surface area (Å²) in [6, 6.07) is 7.03. The summed E-state index contributed by atoms with van der Waals surface area (Å²) in [4.78, 5) is 23.9. The van der Waals surface area contributed by atoms with Crippen molar-refractivity contribution in [3.05, 3.63) is 29.8 Å². The smallest absolute Gasteiger partial charge is 0.458 e. The Kier molecular flexibility index (Phi) is 7.48. The molecule has 0 spiro atoms. The van der Waals surface area contributed by atoms with E-state index >= 15 is 0 Å².